The van der Waals surface area contributed by atoms with E-state index in [0.29, 0.717) is 18.1 Å². The second-order valence-corrected chi connectivity index (χ2v) is 8.45. The molecule has 1 amide bonds. The SMILES string of the molecule is CN(CC(=O)NCc1nc(-c2ccccc2)n[nH]1)[C@H]1CCS(=O)(=O)C1. The van der Waals surface area contributed by atoms with Crippen molar-refractivity contribution in [3.63, 3.8) is 0 Å². The fourth-order valence-electron chi connectivity index (χ4n) is 2.81. The van der Waals surface area contributed by atoms with Crippen molar-refractivity contribution >= 4 is 15.7 Å². The van der Waals surface area contributed by atoms with E-state index in [1.807, 2.05) is 30.3 Å². The van der Waals surface area contributed by atoms with E-state index in [9.17, 15) is 13.2 Å². The molecule has 1 aromatic heterocycles. The summed E-state index contributed by atoms with van der Waals surface area (Å²) in [5.74, 6) is 1.30. The van der Waals surface area contributed by atoms with E-state index in [1.54, 1.807) is 11.9 Å². The van der Waals surface area contributed by atoms with Crippen LogP contribution < -0.4 is 5.32 Å². The van der Waals surface area contributed by atoms with Gasteiger partial charge in [-0.2, -0.15) is 5.10 Å². The Bertz CT molecular complexity index is 834. The molecule has 0 radical (unpaired) electrons. The lowest BCUT2D eigenvalue weighted by atomic mass is 10.2. The third-order valence-corrected chi connectivity index (χ3v) is 5.99. The maximum absolute atomic E-state index is 12.1. The maximum Gasteiger partial charge on any atom is 0.234 e. The molecule has 1 aliphatic rings. The molecular weight excluding hydrogens is 342 g/mol. The van der Waals surface area contributed by atoms with Crippen molar-refractivity contribution in [2.75, 3.05) is 25.1 Å². The minimum atomic E-state index is -2.95. The van der Waals surface area contributed by atoms with Crippen LogP contribution in [0.15, 0.2) is 30.3 Å². The Morgan fingerprint density at radius 1 is 1.36 bits per heavy atom. The van der Waals surface area contributed by atoms with Crippen molar-refractivity contribution in [1.29, 1.82) is 0 Å². The first kappa shape index (κ1) is 17.6. The highest BCUT2D eigenvalue weighted by atomic mass is 32.2. The van der Waals surface area contributed by atoms with Gasteiger partial charge in [-0.05, 0) is 13.5 Å². The molecule has 8 nitrogen and oxygen atoms in total. The predicted molar refractivity (Wildman–Crippen MR) is 93.4 cm³/mol. The van der Waals surface area contributed by atoms with E-state index < -0.39 is 9.84 Å². The average Bonchev–Trinajstić information content (AvgIpc) is 3.20. The number of carbonyl (C=O) groups is 1. The fraction of sp³-hybridized carbons (Fsp3) is 0.438. The van der Waals surface area contributed by atoms with Gasteiger partial charge < -0.3 is 5.32 Å². The first-order chi connectivity index (χ1) is 11.9. The molecule has 1 saturated heterocycles. The minimum absolute atomic E-state index is 0.0919. The maximum atomic E-state index is 12.1. The van der Waals surface area contributed by atoms with Crippen molar-refractivity contribution in [3.05, 3.63) is 36.2 Å². The van der Waals surface area contributed by atoms with Gasteiger partial charge in [0, 0.05) is 11.6 Å². The summed E-state index contributed by atoms with van der Waals surface area (Å²) in [5.41, 5.74) is 0.901. The number of aromatic nitrogens is 3. The number of carbonyl (C=O) groups excluding carboxylic acids is 1. The Labute approximate surface area is 146 Å². The second kappa shape index (κ2) is 7.32. The van der Waals surface area contributed by atoms with Crippen LogP contribution in [0, 0.1) is 0 Å². The molecule has 2 aromatic rings. The Balaban J connectivity index is 1.49. The number of likely N-dealkylation sites (N-methyl/N-ethyl adjacent to an activating group) is 1. The normalized spacial score (nSPS) is 19.2. The molecule has 25 heavy (non-hydrogen) atoms. The van der Waals surface area contributed by atoms with Crippen LogP contribution >= 0.6 is 0 Å². The first-order valence-electron chi connectivity index (χ1n) is 8.07. The second-order valence-electron chi connectivity index (χ2n) is 6.22. The number of amides is 1. The summed E-state index contributed by atoms with van der Waals surface area (Å²) in [6, 6.07) is 9.47. The van der Waals surface area contributed by atoms with Gasteiger partial charge in [0.25, 0.3) is 0 Å². The van der Waals surface area contributed by atoms with E-state index in [0.717, 1.165) is 5.56 Å². The monoisotopic (exact) mass is 363 g/mol. The number of aromatic amines is 1. The Morgan fingerprint density at radius 3 is 2.80 bits per heavy atom. The third kappa shape index (κ3) is 4.64. The van der Waals surface area contributed by atoms with Gasteiger partial charge in [0.15, 0.2) is 15.7 Å². The minimum Gasteiger partial charge on any atom is -0.348 e. The molecule has 0 unspecified atom stereocenters. The van der Waals surface area contributed by atoms with Gasteiger partial charge in [0.2, 0.25) is 5.91 Å². The molecule has 1 aromatic carbocycles. The van der Waals surface area contributed by atoms with E-state index in [-0.39, 0.29) is 36.5 Å². The van der Waals surface area contributed by atoms with Gasteiger partial charge >= 0.3 is 0 Å². The number of rotatable bonds is 6. The zero-order chi connectivity index (χ0) is 17.9. The summed E-state index contributed by atoms with van der Waals surface area (Å²) < 4.78 is 23.0. The largest absolute Gasteiger partial charge is 0.348 e. The highest BCUT2D eigenvalue weighted by Gasteiger charge is 2.31. The lowest BCUT2D eigenvalue weighted by molar-refractivity contribution is -0.122. The van der Waals surface area contributed by atoms with Crippen molar-refractivity contribution in [2.24, 2.45) is 0 Å². The predicted octanol–water partition coefficient (Wildman–Crippen LogP) is 0.207. The molecule has 1 atom stereocenters. The molecule has 0 spiro atoms. The molecule has 0 aliphatic carbocycles. The topological polar surface area (TPSA) is 108 Å². The zero-order valence-electron chi connectivity index (χ0n) is 14.0. The third-order valence-electron chi connectivity index (χ3n) is 4.24. The summed E-state index contributed by atoms with van der Waals surface area (Å²) in [4.78, 5) is 18.2. The summed E-state index contributed by atoms with van der Waals surface area (Å²) in [5, 5.41) is 9.72. The summed E-state index contributed by atoms with van der Waals surface area (Å²) in [6.07, 6.45) is 0.578. The van der Waals surface area contributed by atoms with Gasteiger partial charge in [0.1, 0.15) is 5.82 Å². The fourth-order valence-corrected chi connectivity index (χ4v) is 4.61. The molecule has 134 valence electrons. The van der Waals surface area contributed by atoms with Crippen LogP contribution in [0.2, 0.25) is 0 Å². The molecule has 2 N–H and O–H groups in total. The molecule has 0 bridgehead atoms. The van der Waals surface area contributed by atoms with Crippen LogP contribution in [0.1, 0.15) is 12.2 Å². The Hall–Kier alpha value is -2.26. The van der Waals surface area contributed by atoms with Crippen LogP contribution in [0.3, 0.4) is 0 Å². The molecule has 1 aliphatic heterocycles. The van der Waals surface area contributed by atoms with Crippen LogP contribution in [0.4, 0.5) is 0 Å². The van der Waals surface area contributed by atoms with Crippen molar-refractivity contribution in [2.45, 2.75) is 19.0 Å². The van der Waals surface area contributed by atoms with Crippen molar-refractivity contribution in [1.82, 2.24) is 25.4 Å². The number of hydrogen-bond acceptors (Lipinski definition) is 6. The number of benzene rings is 1. The van der Waals surface area contributed by atoms with E-state index in [1.165, 1.54) is 0 Å². The van der Waals surface area contributed by atoms with Crippen LogP contribution in [0.25, 0.3) is 11.4 Å². The summed E-state index contributed by atoms with van der Waals surface area (Å²) in [7, 11) is -1.18. The molecule has 2 heterocycles. The summed E-state index contributed by atoms with van der Waals surface area (Å²) in [6.45, 7) is 0.398. The number of H-pyrrole nitrogens is 1. The highest BCUT2D eigenvalue weighted by molar-refractivity contribution is 7.91. The highest BCUT2D eigenvalue weighted by Crippen LogP contribution is 2.16. The van der Waals surface area contributed by atoms with Crippen molar-refractivity contribution < 1.29 is 13.2 Å². The lowest BCUT2D eigenvalue weighted by Crippen LogP contribution is -2.41. The molecule has 0 saturated carbocycles. The van der Waals surface area contributed by atoms with E-state index >= 15 is 0 Å². The average molecular weight is 363 g/mol. The summed E-state index contributed by atoms with van der Waals surface area (Å²) >= 11 is 0. The number of nitrogens with zero attached hydrogens (tertiary/aromatic N) is 3. The molecule has 9 heteroatoms. The quantitative estimate of drug-likeness (QED) is 0.759. The van der Waals surface area contributed by atoms with Crippen LogP contribution in [0.5, 0.6) is 0 Å². The standard InChI is InChI=1S/C16H21N5O3S/c1-21(13-7-8-25(23,24)11-13)10-15(22)17-9-14-18-16(20-19-14)12-5-3-2-4-6-12/h2-6,13H,7-11H2,1H3,(H,17,22)(H,18,19,20)/t13-/m0/s1. The number of hydrogen-bond donors (Lipinski definition) is 2. The van der Waals surface area contributed by atoms with Gasteiger partial charge in [-0.1, -0.05) is 30.3 Å². The van der Waals surface area contributed by atoms with Gasteiger partial charge in [0.05, 0.1) is 24.6 Å². The number of nitrogens with one attached hydrogen (secondary N) is 2. The van der Waals surface area contributed by atoms with E-state index in [2.05, 4.69) is 20.5 Å². The molecule has 3 rings (SSSR count). The van der Waals surface area contributed by atoms with Gasteiger partial charge in [-0.3, -0.25) is 14.8 Å². The van der Waals surface area contributed by atoms with E-state index in [4.69, 9.17) is 0 Å². The van der Waals surface area contributed by atoms with Gasteiger partial charge in [-0.15, -0.1) is 0 Å². The van der Waals surface area contributed by atoms with Crippen LogP contribution in [-0.4, -0.2) is 65.5 Å². The number of sulfone groups is 1. The van der Waals surface area contributed by atoms with Crippen molar-refractivity contribution in [3.8, 4) is 11.4 Å². The smallest absolute Gasteiger partial charge is 0.234 e. The lowest BCUT2D eigenvalue weighted by Gasteiger charge is -2.22. The Morgan fingerprint density at radius 2 is 2.12 bits per heavy atom. The zero-order valence-corrected chi connectivity index (χ0v) is 14.8. The molecule has 1 fully saturated rings. The first-order valence-corrected chi connectivity index (χ1v) is 9.89. The molecular formula is C16H21N5O3S. The van der Waals surface area contributed by atoms with Gasteiger partial charge in [-0.25, -0.2) is 13.4 Å². The Kier molecular flexibility index (Phi) is 5.14. The van der Waals surface area contributed by atoms with Crippen LogP contribution in [-0.2, 0) is 21.2 Å².